The van der Waals surface area contributed by atoms with Gasteiger partial charge >= 0.3 is 11.4 Å². The summed E-state index contributed by atoms with van der Waals surface area (Å²) < 4.78 is 2.57. The first-order chi connectivity index (χ1) is 18.6. The van der Waals surface area contributed by atoms with Gasteiger partial charge in [-0.25, -0.2) is 9.59 Å². The standard InChI is InChI=1S/C21H30N14O4.CH4/c1-26-19-28-13(24)11-15(30-19)35(21(39)32-17(11)37)9-7-33(5-3-2-4-22)6-8-34-14-10(16(36)31-20(34)38)12(23)27-18(25)29-14;/h2-9,22H2,1H3,(H,31,36,38)(H,32,37,39)(H4,23,25,27,29)(H3,24,26,28,30);1H4. The van der Waals surface area contributed by atoms with Gasteiger partial charge < -0.3 is 28.3 Å². The molecule has 18 heteroatoms. The summed E-state index contributed by atoms with van der Waals surface area (Å²) >= 11 is 0. The van der Waals surface area contributed by atoms with Crippen molar-refractivity contribution in [3.63, 3.8) is 0 Å². The number of nitrogens with zero attached hydrogens (tertiary/aromatic N) is 7. The van der Waals surface area contributed by atoms with Crippen LogP contribution >= 0.6 is 0 Å². The lowest BCUT2D eigenvalue weighted by Crippen LogP contribution is -2.39. The van der Waals surface area contributed by atoms with Crippen LogP contribution < -0.4 is 50.7 Å². The van der Waals surface area contributed by atoms with Crippen molar-refractivity contribution in [3.05, 3.63) is 41.7 Å². The molecule has 0 radical (unpaired) electrons. The number of anilines is 4. The van der Waals surface area contributed by atoms with Crippen molar-refractivity contribution in [2.75, 3.05) is 55.7 Å². The van der Waals surface area contributed by atoms with E-state index in [1.807, 2.05) is 4.90 Å². The molecule has 11 N–H and O–H groups in total. The molecular weight excluding hydrogens is 524 g/mol. The molecule has 0 aliphatic carbocycles. The van der Waals surface area contributed by atoms with Gasteiger partial charge in [0.25, 0.3) is 11.1 Å². The Morgan fingerprint density at radius 3 is 1.82 bits per heavy atom. The van der Waals surface area contributed by atoms with Crippen LogP contribution in [0.15, 0.2) is 19.2 Å². The molecule has 0 saturated heterocycles. The van der Waals surface area contributed by atoms with Crippen molar-refractivity contribution in [1.29, 1.82) is 0 Å². The Morgan fingerprint density at radius 1 is 0.775 bits per heavy atom. The number of nitrogen functional groups attached to an aromatic ring is 3. The molecule has 4 aromatic rings. The zero-order valence-electron chi connectivity index (χ0n) is 21.2. The van der Waals surface area contributed by atoms with Crippen molar-refractivity contribution >= 4 is 45.6 Å². The lowest BCUT2D eigenvalue weighted by Gasteiger charge is -2.23. The molecule has 0 fully saturated rings. The molecule has 4 rings (SSSR count). The summed E-state index contributed by atoms with van der Waals surface area (Å²) in [5.74, 6) is -0.226. The lowest BCUT2D eigenvalue weighted by atomic mass is 10.3. The number of unbranched alkanes of at least 4 members (excludes halogenated alkanes) is 1. The smallest absolute Gasteiger partial charge is 0.330 e. The van der Waals surface area contributed by atoms with Crippen LogP contribution in [0.25, 0.3) is 22.1 Å². The van der Waals surface area contributed by atoms with E-state index in [-0.39, 0.29) is 66.1 Å². The third-order valence-electron chi connectivity index (χ3n) is 6.18. The number of nitrogens with two attached hydrogens (primary N) is 4. The molecule has 0 aliphatic heterocycles. The molecule has 0 aliphatic rings. The number of fused-ring (bicyclic) bond motifs is 2. The minimum atomic E-state index is -0.713. The van der Waals surface area contributed by atoms with Gasteiger partial charge in [-0.15, -0.1) is 0 Å². The summed E-state index contributed by atoms with van der Waals surface area (Å²) in [6, 6.07) is 0. The van der Waals surface area contributed by atoms with Gasteiger partial charge in [0.1, 0.15) is 22.4 Å². The summed E-state index contributed by atoms with van der Waals surface area (Å²) in [5, 5.41) is 2.72. The lowest BCUT2D eigenvalue weighted by molar-refractivity contribution is 0.247. The zero-order chi connectivity index (χ0) is 28.3. The molecule has 4 heterocycles. The number of nitrogens with one attached hydrogen (secondary N) is 3. The maximum Gasteiger partial charge on any atom is 0.330 e. The Kier molecular flexibility index (Phi) is 9.17. The number of aromatic amines is 2. The average molecular weight is 559 g/mol. The number of hydrogen-bond acceptors (Lipinski definition) is 14. The molecule has 216 valence electrons. The van der Waals surface area contributed by atoms with Crippen LogP contribution in [-0.2, 0) is 13.1 Å². The van der Waals surface area contributed by atoms with Gasteiger partial charge in [0, 0.05) is 33.2 Å². The molecule has 4 aromatic heterocycles. The summed E-state index contributed by atoms with van der Waals surface area (Å²) in [4.78, 5) is 72.8. The fourth-order valence-electron chi connectivity index (χ4n) is 4.25. The van der Waals surface area contributed by atoms with Crippen LogP contribution in [0.2, 0.25) is 0 Å². The van der Waals surface area contributed by atoms with Gasteiger partial charge in [0.15, 0.2) is 11.3 Å². The van der Waals surface area contributed by atoms with E-state index in [2.05, 4.69) is 35.2 Å². The highest BCUT2D eigenvalue weighted by atomic mass is 16.2. The summed E-state index contributed by atoms with van der Waals surface area (Å²) in [7, 11) is 1.59. The number of H-pyrrole nitrogens is 2. The topological polar surface area (TPSA) is 281 Å². The maximum atomic E-state index is 12.7. The van der Waals surface area contributed by atoms with Gasteiger partial charge in [-0.05, 0) is 25.9 Å². The van der Waals surface area contributed by atoms with Gasteiger partial charge in [-0.1, -0.05) is 7.43 Å². The summed E-state index contributed by atoms with van der Waals surface area (Å²) in [6.45, 7) is 1.99. The monoisotopic (exact) mass is 558 g/mol. The zero-order valence-corrected chi connectivity index (χ0v) is 21.2. The Morgan fingerprint density at radius 2 is 1.30 bits per heavy atom. The predicted molar refractivity (Wildman–Crippen MR) is 153 cm³/mol. The first-order valence-electron chi connectivity index (χ1n) is 12.1. The van der Waals surface area contributed by atoms with E-state index < -0.39 is 22.5 Å². The van der Waals surface area contributed by atoms with Gasteiger partial charge in [-0.2, -0.15) is 19.9 Å². The van der Waals surface area contributed by atoms with E-state index in [9.17, 15) is 19.2 Å². The number of aromatic nitrogens is 8. The van der Waals surface area contributed by atoms with E-state index in [0.717, 1.165) is 12.8 Å². The Balaban J connectivity index is 0.00000441. The van der Waals surface area contributed by atoms with Gasteiger partial charge in [0.05, 0.1) is 0 Å². The van der Waals surface area contributed by atoms with Crippen molar-refractivity contribution in [3.8, 4) is 0 Å². The molecule has 18 nitrogen and oxygen atoms in total. The number of hydrogen-bond donors (Lipinski definition) is 7. The van der Waals surface area contributed by atoms with Crippen molar-refractivity contribution in [1.82, 2.24) is 43.9 Å². The van der Waals surface area contributed by atoms with Crippen LogP contribution in [0.5, 0.6) is 0 Å². The molecule has 0 saturated carbocycles. The molecule has 0 amide bonds. The van der Waals surface area contributed by atoms with E-state index in [1.54, 1.807) is 7.05 Å². The second kappa shape index (κ2) is 12.3. The normalized spacial score (nSPS) is 11.3. The summed E-state index contributed by atoms with van der Waals surface area (Å²) in [6.07, 6.45) is 1.51. The first kappa shape index (κ1) is 29.7. The largest absolute Gasteiger partial charge is 0.383 e. The molecule has 40 heavy (non-hydrogen) atoms. The maximum absolute atomic E-state index is 12.7. The SMILES string of the molecule is C.CNc1nc(N)c2c(=O)[nH]c(=O)n(CCN(CCCCN)CCn3c(=O)[nH]c(=O)c4c(N)nc(N)nc43)c2n1. The fourth-order valence-corrected chi connectivity index (χ4v) is 4.25. The van der Waals surface area contributed by atoms with Crippen LogP contribution in [0, 0.1) is 0 Å². The van der Waals surface area contributed by atoms with Gasteiger partial charge in [0.2, 0.25) is 11.9 Å². The van der Waals surface area contributed by atoms with E-state index in [1.165, 1.54) is 9.13 Å². The van der Waals surface area contributed by atoms with Crippen LogP contribution in [0.3, 0.4) is 0 Å². The average Bonchev–Trinajstić information content (AvgIpc) is 2.86. The molecule has 0 unspecified atom stereocenters. The van der Waals surface area contributed by atoms with Crippen molar-refractivity contribution in [2.24, 2.45) is 5.73 Å². The Labute approximate surface area is 226 Å². The van der Waals surface area contributed by atoms with Gasteiger partial charge in [-0.3, -0.25) is 33.6 Å². The highest BCUT2D eigenvalue weighted by molar-refractivity contribution is 5.86. The minimum Gasteiger partial charge on any atom is -0.383 e. The minimum absolute atomic E-state index is 0. The molecule has 0 spiro atoms. The van der Waals surface area contributed by atoms with Crippen molar-refractivity contribution in [2.45, 2.75) is 33.4 Å². The third kappa shape index (κ3) is 5.91. The van der Waals surface area contributed by atoms with Crippen LogP contribution in [0.1, 0.15) is 20.3 Å². The quantitative estimate of drug-likeness (QED) is 0.0932. The van der Waals surface area contributed by atoms with Crippen LogP contribution in [0.4, 0.5) is 23.5 Å². The molecule has 0 aromatic carbocycles. The molecule has 0 atom stereocenters. The number of rotatable bonds is 11. The fraction of sp³-hybridized carbons (Fsp3) is 0.455. The Hall–Kier alpha value is -4.84. The second-order valence-electron chi connectivity index (χ2n) is 8.71. The van der Waals surface area contributed by atoms with E-state index in [0.29, 0.717) is 26.2 Å². The highest BCUT2D eigenvalue weighted by Gasteiger charge is 2.17. The Bertz CT molecular complexity index is 1760. The third-order valence-corrected chi connectivity index (χ3v) is 6.18. The second-order valence-corrected chi connectivity index (χ2v) is 8.71. The molecular formula is C22H34N14O4. The first-order valence-corrected chi connectivity index (χ1v) is 12.1. The summed E-state index contributed by atoms with van der Waals surface area (Å²) in [5.41, 5.74) is 20.6. The highest BCUT2D eigenvalue weighted by Crippen LogP contribution is 2.15. The molecule has 0 bridgehead atoms. The van der Waals surface area contributed by atoms with E-state index >= 15 is 0 Å². The van der Waals surface area contributed by atoms with Crippen LogP contribution in [-0.4, -0.2) is 77.2 Å². The van der Waals surface area contributed by atoms with E-state index in [4.69, 9.17) is 22.9 Å². The predicted octanol–water partition coefficient (Wildman–Crippen LogP) is -2.56. The van der Waals surface area contributed by atoms with Crippen molar-refractivity contribution < 1.29 is 0 Å².